The maximum atomic E-state index is 12.0. The predicted octanol–water partition coefficient (Wildman–Crippen LogP) is 6.11. The van der Waals surface area contributed by atoms with Crippen molar-refractivity contribution in [3.05, 3.63) is 82.5 Å². The minimum Gasteiger partial charge on any atom is -0.507 e. The van der Waals surface area contributed by atoms with Gasteiger partial charge >= 0.3 is 0 Å². The third kappa shape index (κ3) is 3.67. The van der Waals surface area contributed by atoms with E-state index in [-0.39, 0.29) is 17.1 Å². The Morgan fingerprint density at radius 1 is 0.676 bits per heavy atom. The van der Waals surface area contributed by atoms with Gasteiger partial charge in [0.2, 0.25) is 5.43 Å². The molecule has 8 heteroatoms. The SMILES string of the molecule is Cc1ccc(N=Nc2ccc(O)c(-c3c4cc(O)c(=O)cc-4oc4cc(O)c(O)cc34)c2)cc1. The van der Waals surface area contributed by atoms with Gasteiger partial charge in [0, 0.05) is 34.2 Å². The Labute approximate surface area is 192 Å². The lowest BCUT2D eigenvalue weighted by Gasteiger charge is -2.17. The van der Waals surface area contributed by atoms with E-state index in [1.165, 1.54) is 24.3 Å². The molecule has 0 radical (unpaired) electrons. The van der Waals surface area contributed by atoms with Crippen molar-refractivity contribution in [2.24, 2.45) is 10.2 Å². The van der Waals surface area contributed by atoms with E-state index < -0.39 is 22.7 Å². The van der Waals surface area contributed by atoms with Crippen LogP contribution in [-0.4, -0.2) is 20.4 Å². The third-order valence-corrected chi connectivity index (χ3v) is 5.46. The van der Waals surface area contributed by atoms with Crippen molar-refractivity contribution in [2.45, 2.75) is 6.92 Å². The second kappa shape index (κ2) is 7.93. The molecule has 0 amide bonds. The first-order valence-electron chi connectivity index (χ1n) is 10.3. The molecule has 0 spiro atoms. The summed E-state index contributed by atoms with van der Waals surface area (Å²) in [5.41, 5.74) is 2.69. The van der Waals surface area contributed by atoms with Crippen LogP contribution in [0.4, 0.5) is 11.4 Å². The molecule has 0 fully saturated rings. The van der Waals surface area contributed by atoms with Crippen LogP contribution in [0.1, 0.15) is 5.56 Å². The molecule has 0 atom stereocenters. The molecule has 0 saturated heterocycles. The number of phenolic OH excluding ortho intramolecular Hbond substituents is 4. The summed E-state index contributed by atoms with van der Waals surface area (Å²) in [5, 5.41) is 49.7. The van der Waals surface area contributed by atoms with E-state index >= 15 is 0 Å². The Morgan fingerprint density at radius 3 is 2.12 bits per heavy atom. The molecule has 0 unspecified atom stereocenters. The lowest BCUT2D eigenvalue weighted by atomic mass is 9.92. The zero-order valence-electron chi connectivity index (χ0n) is 17.9. The smallest absolute Gasteiger partial charge is 0.223 e. The summed E-state index contributed by atoms with van der Waals surface area (Å²) >= 11 is 0. The van der Waals surface area contributed by atoms with Crippen LogP contribution >= 0.6 is 0 Å². The van der Waals surface area contributed by atoms with E-state index in [2.05, 4.69) is 10.2 Å². The van der Waals surface area contributed by atoms with E-state index in [1.807, 2.05) is 31.2 Å². The summed E-state index contributed by atoms with van der Waals surface area (Å²) in [6.07, 6.45) is 0. The van der Waals surface area contributed by atoms with Gasteiger partial charge in [-0.15, -0.1) is 0 Å². The van der Waals surface area contributed by atoms with Gasteiger partial charge in [-0.3, -0.25) is 4.79 Å². The predicted molar refractivity (Wildman–Crippen MR) is 127 cm³/mol. The lowest BCUT2D eigenvalue weighted by Crippen LogP contribution is -2.01. The molecule has 4 N–H and O–H groups in total. The van der Waals surface area contributed by atoms with E-state index in [4.69, 9.17) is 4.42 Å². The molecule has 168 valence electrons. The highest BCUT2D eigenvalue weighted by Gasteiger charge is 2.22. The van der Waals surface area contributed by atoms with Crippen LogP contribution in [0.15, 0.2) is 86.2 Å². The molecule has 2 aliphatic rings. The summed E-state index contributed by atoms with van der Waals surface area (Å²) in [4.78, 5) is 12.0. The number of aromatic hydroxyl groups is 4. The molecule has 34 heavy (non-hydrogen) atoms. The van der Waals surface area contributed by atoms with Crippen molar-refractivity contribution in [1.82, 2.24) is 0 Å². The highest BCUT2D eigenvalue weighted by atomic mass is 16.3. The fourth-order valence-electron chi connectivity index (χ4n) is 3.73. The van der Waals surface area contributed by atoms with Crippen LogP contribution in [0.2, 0.25) is 0 Å². The van der Waals surface area contributed by atoms with Crippen LogP contribution in [0.3, 0.4) is 0 Å². The molecule has 0 saturated carbocycles. The average Bonchev–Trinajstić information content (AvgIpc) is 2.81. The number of hydrogen-bond acceptors (Lipinski definition) is 8. The number of fused-ring (bicyclic) bond motifs is 2. The first kappa shape index (κ1) is 21.0. The number of nitrogens with zero attached hydrogens (tertiary/aromatic N) is 2. The quantitative estimate of drug-likeness (QED) is 0.147. The van der Waals surface area contributed by atoms with Gasteiger partial charge in [-0.2, -0.15) is 10.2 Å². The van der Waals surface area contributed by atoms with E-state index in [1.54, 1.807) is 12.1 Å². The van der Waals surface area contributed by atoms with Gasteiger partial charge < -0.3 is 24.8 Å². The molecular weight excluding hydrogens is 436 g/mol. The molecule has 3 aromatic rings. The molecular formula is C26H18N2O6. The Morgan fingerprint density at radius 2 is 1.35 bits per heavy atom. The van der Waals surface area contributed by atoms with Crippen molar-refractivity contribution in [2.75, 3.05) is 0 Å². The number of phenols is 4. The average molecular weight is 454 g/mol. The van der Waals surface area contributed by atoms with Crippen LogP contribution in [0, 0.1) is 6.92 Å². The summed E-state index contributed by atoms with van der Waals surface area (Å²) < 4.78 is 5.76. The Balaban J connectivity index is 1.76. The van der Waals surface area contributed by atoms with Gasteiger partial charge in [-0.1, -0.05) is 17.7 Å². The first-order chi connectivity index (χ1) is 16.3. The molecule has 0 bridgehead atoms. The fourth-order valence-corrected chi connectivity index (χ4v) is 3.73. The standard InChI is InChI=1S/C26H18N2O6/c1-13-2-4-14(5-3-13)27-28-15-6-7-19(29)16(8-15)26-17-9-20(30)22(32)11-24(17)34-25-12-23(33)21(31)10-18(25)26/h2-12,29-32H,1H3. The summed E-state index contributed by atoms with van der Waals surface area (Å²) in [6.45, 7) is 1.97. The second-order valence-electron chi connectivity index (χ2n) is 7.87. The van der Waals surface area contributed by atoms with Crippen LogP contribution in [0.25, 0.3) is 33.4 Å². The molecule has 5 rings (SSSR count). The Bertz CT molecular complexity index is 1620. The summed E-state index contributed by atoms with van der Waals surface area (Å²) in [7, 11) is 0. The van der Waals surface area contributed by atoms with E-state index in [0.29, 0.717) is 33.5 Å². The topological polar surface area (TPSA) is 136 Å². The van der Waals surface area contributed by atoms with Crippen LogP contribution in [0.5, 0.6) is 23.0 Å². The van der Waals surface area contributed by atoms with Crippen molar-refractivity contribution >= 4 is 22.3 Å². The first-order valence-corrected chi connectivity index (χ1v) is 10.3. The molecule has 1 aliphatic carbocycles. The maximum Gasteiger partial charge on any atom is 0.223 e. The van der Waals surface area contributed by atoms with Crippen molar-refractivity contribution in [1.29, 1.82) is 0 Å². The molecule has 0 aromatic heterocycles. The van der Waals surface area contributed by atoms with Crippen LogP contribution in [-0.2, 0) is 0 Å². The fraction of sp³-hybridized carbons (Fsp3) is 0.0385. The molecule has 8 nitrogen and oxygen atoms in total. The van der Waals surface area contributed by atoms with Crippen molar-refractivity contribution in [3.8, 4) is 45.4 Å². The zero-order valence-corrected chi connectivity index (χ0v) is 17.9. The van der Waals surface area contributed by atoms with E-state index in [9.17, 15) is 25.2 Å². The van der Waals surface area contributed by atoms with E-state index in [0.717, 1.165) is 11.6 Å². The highest BCUT2D eigenvalue weighted by Crippen LogP contribution is 2.47. The van der Waals surface area contributed by atoms with Crippen molar-refractivity contribution in [3.63, 3.8) is 0 Å². The monoisotopic (exact) mass is 454 g/mol. The van der Waals surface area contributed by atoms with Gasteiger partial charge in [0.05, 0.1) is 11.4 Å². The van der Waals surface area contributed by atoms with Gasteiger partial charge in [-0.25, -0.2) is 0 Å². The minimum atomic E-state index is -0.644. The Kier molecular flexibility index (Phi) is 4.90. The third-order valence-electron chi connectivity index (χ3n) is 5.46. The van der Waals surface area contributed by atoms with Gasteiger partial charge in [-0.05, 0) is 49.4 Å². The Hall–Kier alpha value is -4.85. The van der Waals surface area contributed by atoms with Gasteiger partial charge in [0.15, 0.2) is 17.2 Å². The molecule has 3 aromatic carbocycles. The maximum absolute atomic E-state index is 12.0. The number of benzene rings is 4. The second-order valence-corrected chi connectivity index (χ2v) is 7.87. The number of aryl methyl sites for hydroxylation is 1. The van der Waals surface area contributed by atoms with Gasteiger partial charge in [0.1, 0.15) is 17.1 Å². The summed E-state index contributed by atoms with van der Waals surface area (Å²) in [6, 6.07) is 17.0. The largest absolute Gasteiger partial charge is 0.507 e. The van der Waals surface area contributed by atoms with Gasteiger partial charge in [0.25, 0.3) is 0 Å². The number of azo groups is 1. The lowest BCUT2D eigenvalue weighted by molar-refractivity contribution is 0.404. The normalized spacial score (nSPS) is 11.6. The number of hydrogen-bond donors (Lipinski definition) is 4. The molecule has 1 heterocycles. The molecule has 1 aliphatic heterocycles. The van der Waals surface area contributed by atoms with Crippen LogP contribution < -0.4 is 5.43 Å². The van der Waals surface area contributed by atoms with Crippen molar-refractivity contribution < 1.29 is 24.8 Å². The summed E-state index contributed by atoms with van der Waals surface area (Å²) in [5.74, 6) is -1.29. The zero-order chi connectivity index (χ0) is 24.0. The number of rotatable bonds is 3. The highest BCUT2D eigenvalue weighted by molar-refractivity contribution is 6.04. The minimum absolute atomic E-state index is 0.110.